The predicted molar refractivity (Wildman–Crippen MR) is 107 cm³/mol. The Morgan fingerprint density at radius 1 is 1.28 bits per heavy atom. The summed E-state index contributed by atoms with van der Waals surface area (Å²) < 4.78 is 41.3. The largest absolute Gasteiger partial charge is 0.465 e. The molecule has 0 fully saturated rings. The smallest absolute Gasteiger partial charge is 0.404 e. The number of hydrogen-bond acceptors (Lipinski definition) is 4. The molecule has 2 rings (SSSR count). The first-order valence-corrected chi connectivity index (χ1v) is 10.3. The van der Waals surface area contributed by atoms with Crippen LogP contribution >= 0.6 is 0 Å². The first-order valence-electron chi connectivity index (χ1n) is 8.88. The summed E-state index contributed by atoms with van der Waals surface area (Å²) in [7, 11) is -0.526. The summed E-state index contributed by atoms with van der Waals surface area (Å²) in [6.45, 7) is 3.94. The first kappa shape index (κ1) is 22.6. The Kier molecular flexibility index (Phi) is 7.15. The summed E-state index contributed by atoms with van der Waals surface area (Å²) in [5.41, 5.74) is 3.08. The van der Waals surface area contributed by atoms with E-state index in [2.05, 4.69) is 10.4 Å². The van der Waals surface area contributed by atoms with Crippen molar-refractivity contribution < 1.29 is 22.7 Å². The van der Waals surface area contributed by atoms with Gasteiger partial charge in [0.15, 0.2) is 0 Å². The minimum Gasteiger partial charge on any atom is -0.465 e. The van der Waals surface area contributed by atoms with Crippen LogP contribution in [0.3, 0.4) is 0 Å². The number of amides is 1. The molecule has 29 heavy (non-hydrogen) atoms. The van der Waals surface area contributed by atoms with Crippen LogP contribution in [0.5, 0.6) is 0 Å². The number of rotatable bonds is 8. The number of nitrogens with one attached hydrogen (secondary N) is 1. The Morgan fingerprint density at radius 2 is 1.90 bits per heavy atom. The van der Waals surface area contributed by atoms with Crippen LogP contribution in [0.15, 0.2) is 41.1 Å². The van der Waals surface area contributed by atoms with Crippen LogP contribution < -0.4 is 5.32 Å². The van der Waals surface area contributed by atoms with Crippen molar-refractivity contribution >= 4 is 16.1 Å². The molecule has 8 nitrogen and oxygen atoms in total. The maximum absolute atomic E-state index is 14.1. The standard InChI is InChI=1S/C19H25FN4O4S/c1-13-18(11-16(20)9-10-21-19(25)26)14(2)24(22-13)12-15-5-7-17(8-6-15)29(27,28)23(3)4/h5-9,21H,10-12H2,1-4H3,(H,25,26). The number of carboxylic acid groups (broad SMARTS) is 1. The van der Waals surface area contributed by atoms with Crippen LogP contribution in [-0.4, -0.2) is 54.3 Å². The highest BCUT2D eigenvalue weighted by Crippen LogP contribution is 2.20. The van der Waals surface area contributed by atoms with Gasteiger partial charge in [-0.2, -0.15) is 5.10 Å². The normalized spacial score (nSPS) is 12.4. The molecule has 1 aromatic heterocycles. The SMILES string of the molecule is Cc1nn(Cc2ccc(S(=O)(=O)N(C)C)cc2)c(C)c1CC(F)=CCNC(=O)O. The van der Waals surface area contributed by atoms with Crippen molar-refractivity contribution in [2.24, 2.45) is 0 Å². The average Bonchev–Trinajstić information content (AvgIpc) is 2.89. The highest BCUT2D eigenvalue weighted by molar-refractivity contribution is 7.89. The second-order valence-corrected chi connectivity index (χ2v) is 8.90. The van der Waals surface area contributed by atoms with Crippen molar-refractivity contribution in [2.45, 2.75) is 31.7 Å². The van der Waals surface area contributed by atoms with Gasteiger partial charge in [-0.3, -0.25) is 4.68 Å². The summed E-state index contributed by atoms with van der Waals surface area (Å²) in [5.74, 6) is -0.442. The van der Waals surface area contributed by atoms with Gasteiger partial charge >= 0.3 is 6.09 Å². The van der Waals surface area contributed by atoms with E-state index in [1.807, 2.05) is 6.92 Å². The minimum absolute atomic E-state index is 0.0268. The molecule has 2 N–H and O–H groups in total. The lowest BCUT2D eigenvalue weighted by Gasteiger charge is -2.12. The number of hydrogen-bond donors (Lipinski definition) is 2. The summed E-state index contributed by atoms with van der Waals surface area (Å²) in [4.78, 5) is 10.6. The average molecular weight is 424 g/mol. The molecule has 10 heteroatoms. The van der Waals surface area contributed by atoms with E-state index in [9.17, 15) is 17.6 Å². The Hall–Kier alpha value is -2.72. The molecule has 0 atom stereocenters. The Morgan fingerprint density at radius 3 is 2.45 bits per heavy atom. The molecule has 0 aliphatic heterocycles. The van der Waals surface area contributed by atoms with E-state index < -0.39 is 21.9 Å². The van der Waals surface area contributed by atoms with Crippen molar-refractivity contribution in [2.75, 3.05) is 20.6 Å². The number of carbonyl (C=O) groups is 1. The fraction of sp³-hybridized carbons (Fsp3) is 0.368. The minimum atomic E-state index is -3.48. The number of aryl methyl sites for hydroxylation is 1. The maximum atomic E-state index is 14.1. The molecule has 0 bridgehead atoms. The first-order chi connectivity index (χ1) is 13.5. The molecule has 1 heterocycles. The van der Waals surface area contributed by atoms with Gasteiger partial charge in [-0.1, -0.05) is 12.1 Å². The second-order valence-electron chi connectivity index (χ2n) is 6.75. The van der Waals surface area contributed by atoms with E-state index in [1.54, 1.807) is 35.9 Å². The van der Waals surface area contributed by atoms with Crippen molar-refractivity contribution in [3.05, 3.63) is 58.7 Å². The number of aromatic nitrogens is 2. The van der Waals surface area contributed by atoms with Gasteiger partial charge in [-0.05, 0) is 37.6 Å². The summed E-state index contributed by atoms with van der Waals surface area (Å²) >= 11 is 0. The third-order valence-corrected chi connectivity index (χ3v) is 6.32. The number of benzene rings is 1. The van der Waals surface area contributed by atoms with Gasteiger partial charge in [0.05, 0.1) is 17.1 Å². The van der Waals surface area contributed by atoms with E-state index in [-0.39, 0.29) is 17.9 Å². The summed E-state index contributed by atoms with van der Waals surface area (Å²) in [5, 5.41) is 15.1. The molecule has 0 saturated carbocycles. The zero-order chi connectivity index (χ0) is 21.8. The quantitative estimate of drug-likeness (QED) is 0.677. The van der Waals surface area contributed by atoms with E-state index in [1.165, 1.54) is 20.2 Å². The van der Waals surface area contributed by atoms with Crippen molar-refractivity contribution in [3.8, 4) is 0 Å². The van der Waals surface area contributed by atoms with Gasteiger partial charge in [-0.25, -0.2) is 21.9 Å². The highest BCUT2D eigenvalue weighted by atomic mass is 32.2. The number of nitrogens with zero attached hydrogens (tertiary/aromatic N) is 3. The predicted octanol–water partition coefficient (Wildman–Crippen LogP) is 2.46. The lowest BCUT2D eigenvalue weighted by molar-refractivity contribution is 0.195. The molecule has 158 valence electrons. The van der Waals surface area contributed by atoms with Crippen molar-refractivity contribution in [1.82, 2.24) is 19.4 Å². The van der Waals surface area contributed by atoms with Crippen LogP contribution in [0.25, 0.3) is 0 Å². The third kappa shape index (κ3) is 5.64. The fourth-order valence-corrected chi connectivity index (χ4v) is 3.69. The van der Waals surface area contributed by atoms with Gasteiger partial charge in [0.2, 0.25) is 10.0 Å². The Bertz CT molecular complexity index is 1010. The fourth-order valence-electron chi connectivity index (χ4n) is 2.78. The number of sulfonamides is 1. The van der Waals surface area contributed by atoms with Crippen LogP contribution in [-0.2, 0) is 23.0 Å². The Labute approximate surface area is 169 Å². The van der Waals surface area contributed by atoms with Crippen molar-refractivity contribution in [3.63, 3.8) is 0 Å². The van der Waals surface area contributed by atoms with Gasteiger partial charge < -0.3 is 10.4 Å². The number of halogens is 1. The lowest BCUT2D eigenvalue weighted by Crippen LogP contribution is -2.22. The third-order valence-electron chi connectivity index (χ3n) is 4.49. The molecule has 0 aliphatic carbocycles. The molecule has 0 aliphatic rings. The molecule has 1 aromatic carbocycles. The van der Waals surface area contributed by atoms with Gasteiger partial charge in [0.1, 0.15) is 5.83 Å². The van der Waals surface area contributed by atoms with E-state index >= 15 is 0 Å². The Balaban J connectivity index is 2.15. The van der Waals surface area contributed by atoms with Crippen LogP contribution in [0.2, 0.25) is 0 Å². The maximum Gasteiger partial charge on any atom is 0.404 e. The van der Waals surface area contributed by atoms with Crippen LogP contribution in [0.4, 0.5) is 9.18 Å². The van der Waals surface area contributed by atoms with E-state index in [4.69, 9.17) is 5.11 Å². The summed E-state index contributed by atoms with van der Waals surface area (Å²) in [6, 6.07) is 6.55. The molecule has 0 spiro atoms. The van der Waals surface area contributed by atoms with Crippen LogP contribution in [0, 0.1) is 13.8 Å². The lowest BCUT2D eigenvalue weighted by atomic mass is 10.1. The molecular weight excluding hydrogens is 399 g/mol. The van der Waals surface area contributed by atoms with Crippen LogP contribution in [0.1, 0.15) is 22.5 Å². The topological polar surface area (TPSA) is 105 Å². The molecule has 0 saturated heterocycles. The highest BCUT2D eigenvalue weighted by Gasteiger charge is 2.17. The zero-order valence-electron chi connectivity index (χ0n) is 16.8. The second kappa shape index (κ2) is 9.19. The van der Waals surface area contributed by atoms with Gasteiger partial charge in [-0.15, -0.1) is 0 Å². The van der Waals surface area contributed by atoms with Crippen molar-refractivity contribution in [1.29, 1.82) is 0 Å². The molecule has 0 unspecified atom stereocenters. The zero-order valence-corrected chi connectivity index (χ0v) is 17.6. The molecule has 2 aromatic rings. The van der Waals surface area contributed by atoms with E-state index in [0.29, 0.717) is 12.2 Å². The van der Waals surface area contributed by atoms with Gasteiger partial charge in [0, 0.05) is 38.3 Å². The monoisotopic (exact) mass is 424 g/mol. The van der Waals surface area contributed by atoms with E-state index in [0.717, 1.165) is 21.1 Å². The molecule has 0 radical (unpaired) electrons. The van der Waals surface area contributed by atoms with Gasteiger partial charge in [0.25, 0.3) is 0 Å². The number of allylic oxidation sites excluding steroid dienone is 1. The molecular formula is C19H25FN4O4S. The molecule has 1 amide bonds. The summed E-state index contributed by atoms with van der Waals surface area (Å²) in [6.07, 6.45) is 0.00591.